The van der Waals surface area contributed by atoms with Gasteiger partial charge in [-0.2, -0.15) is 0 Å². The maximum atomic E-state index is 10.8. The first-order valence-electron chi connectivity index (χ1n) is 10.9. The number of rotatable bonds is 2. The maximum absolute atomic E-state index is 10.8. The van der Waals surface area contributed by atoms with E-state index in [0.29, 0.717) is 0 Å². The molecule has 0 heterocycles. The molecule has 2 atom stereocenters. The van der Waals surface area contributed by atoms with E-state index in [1.54, 1.807) is 83.1 Å². The van der Waals surface area contributed by atoms with Crippen molar-refractivity contribution in [1.29, 1.82) is 0 Å². The molecule has 0 bridgehead atoms. The van der Waals surface area contributed by atoms with E-state index in [-0.39, 0.29) is 13.1 Å². The molecular formula is C23H53BO9P2S-. The highest BCUT2D eigenvalue weighted by Gasteiger charge is 2.28. The third-order valence-electron chi connectivity index (χ3n) is 4.30. The fraction of sp³-hybridized carbons (Fsp3) is 0.913. The Balaban J connectivity index is -0.000000119. The van der Waals surface area contributed by atoms with Crippen molar-refractivity contribution in [3.05, 3.63) is 0 Å². The molecule has 0 saturated carbocycles. The molecule has 0 rings (SSSR count). The first-order valence-corrected chi connectivity index (χ1v) is 17.0. The Morgan fingerprint density at radius 1 is 0.833 bits per heavy atom. The zero-order valence-electron chi connectivity index (χ0n) is 24.6. The van der Waals surface area contributed by atoms with Crippen LogP contribution in [0.25, 0.3) is 0 Å². The lowest BCUT2D eigenvalue weighted by Gasteiger charge is -2.32. The average Bonchev–Trinajstić information content (AvgIpc) is 2.38. The number of hydrogen-bond acceptors (Lipinski definition) is 8. The molecule has 0 spiro atoms. The molecule has 9 nitrogen and oxygen atoms in total. The van der Waals surface area contributed by atoms with Gasteiger partial charge in [0.15, 0.2) is 9.84 Å². The average molecular weight is 578 g/mol. The zero-order valence-corrected chi connectivity index (χ0v) is 27.2. The highest BCUT2D eigenvalue weighted by molar-refractivity contribution is 7.92. The van der Waals surface area contributed by atoms with Gasteiger partial charge in [0, 0.05) is 30.6 Å². The van der Waals surface area contributed by atoms with Crippen molar-refractivity contribution >= 4 is 43.4 Å². The number of hydrogen-bond donors (Lipinski definition) is 1. The minimum atomic E-state index is -3.10. The maximum Gasteiger partial charge on any atom is 0.347 e. The van der Waals surface area contributed by atoms with Crippen LogP contribution in [-0.2, 0) is 28.5 Å². The standard InChI is InChI=1S/C7H12BO3.2C5H13O2P.C5H12O2S.CH4/c1-5(9)8-6(10)11-7(2,3)4;3*1-5(2,3)8(4,6)7;/h1-4H3;2*1-4H3,(H,6,7);1-4H3;1H4/p-1. The predicted octanol–water partition coefficient (Wildman–Crippen LogP) is 5.38. The smallest absolute Gasteiger partial charge is 0.347 e. The van der Waals surface area contributed by atoms with Gasteiger partial charge in [0.05, 0.1) is 10.4 Å². The van der Waals surface area contributed by atoms with Gasteiger partial charge in [-0.25, -0.2) is 8.42 Å². The molecule has 1 N–H and O–H groups in total. The van der Waals surface area contributed by atoms with Gasteiger partial charge in [-0.15, -0.1) is 0 Å². The first-order chi connectivity index (χ1) is 14.6. The van der Waals surface area contributed by atoms with Crippen molar-refractivity contribution in [2.24, 2.45) is 0 Å². The molecule has 0 aliphatic rings. The van der Waals surface area contributed by atoms with Crippen LogP contribution in [0.2, 0.25) is 0 Å². The molecule has 219 valence electrons. The Hall–Kier alpha value is -0.465. The Morgan fingerprint density at radius 2 is 1.06 bits per heavy atom. The summed E-state index contributed by atoms with van der Waals surface area (Å²) in [5.41, 5.74) is -0.817. The van der Waals surface area contributed by atoms with E-state index in [0.717, 1.165) is 7.28 Å². The van der Waals surface area contributed by atoms with Crippen LogP contribution in [0, 0.1) is 0 Å². The zero-order chi connectivity index (χ0) is 30.1. The Labute approximate surface area is 222 Å². The Kier molecular flexibility index (Phi) is 20.0. The molecule has 36 heavy (non-hydrogen) atoms. The lowest BCUT2D eigenvalue weighted by Crippen LogP contribution is -2.28. The first kappa shape index (κ1) is 45.5. The summed E-state index contributed by atoms with van der Waals surface area (Å²) in [6.07, 6.45) is 1.24. The van der Waals surface area contributed by atoms with Crippen molar-refractivity contribution in [1.82, 2.24) is 0 Å². The number of ether oxygens (including phenoxy) is 1. The van der Waals surface area contributed by atoms with Gasteiger partial charge < -0.3 is 23.9 Å². The molecule has 0 amide bonds. The van der Waals surface area contributed by atoms with Crippen LogP contribution >= 0.6 is 14.7 Å². The largest absolute Gasteiger partial charge is 0.799 e. The van der Waals surface area contributed by atoms with E-state index in [4.69, 9.17) is 9.63 Å². The van der Waals surface area contributed by atoms with Crippen molar-refractivity contribution in [3.63, 3.8) is 0 Å². The van der Waals surface area contributed by atoms with E-state index in [9.17, 15) is 32.0 Å². The van der Waals surface area contributed by atoms with Crippen LogP contribution in [0.15, 0.2) is 0 Å². The molecule has 0 aliphatic heterocycles. The summed E-state index contributed by atoms with van der Waals surface area (Å²) in [4.78, 5) is 40.7. The van der Waals surface area contributed by atoms with Gasteiger partial charge in [-0.1, -0.05) is 49.0 Å². The Bertz CT molecular complexity index is 827. The van der Waals surface area contributed by atoms with Crippen molar-refractivity contribution < 1.29 is 41.7 Å². The molecular weight excluding hydrogens is 525 g/mol. The summed E-state index contributed by atoms with van der Waals surface area (Å²) in [7, 11) is -7.85. The lowest BCUT2D eigenvalue weighted by molar-refractivity contribution is -0.178. The van der Waals surface area contributed by atoms with E-state index < -0.39 is 51.1 Å². The second kappa shape index (κ2) is 15.8. The highest BCUT2D eigenvalue weighted by Crippen LogP contribution is 2.49. The number of sulfone groups is 1. The molecule has 0 aliphatic carbocycles. The molecule has 0 aromatic heterocycles. The van der Waals surface area contributed by atoms with Gasteiger partial charge in [0.1, 0.15) is 5.60 Å². The third kappa shape index (κ3) is 28.1. The quantitative estimate of drug-likeness (QED) is 0.336. The fourth-order valence-corrected chi connectivity index (χ4v) is 0.497. The summed E-state index contributed by atoms with van der Waals surface area (Å²) in [6.45, 7) is 24.6. The second-order valence-electron chi connectivity index (χ2n) is 12.2. The van der Waals surface area contributed by atoms with Crippen molar-refractivity contribution in [3.8, 4) is 0 Å². The van der Waals surface area contributed by atoms with Crippen LogP contribution in [0.1, 0.15) is 97.4 Å². The molecule has 0 aromatic carbocycles. The second-order valence-corrected chi connectivity index (χ2v) is 21.1. The van der Waals surface area contributed by atoms with Crippen LogP contribution in [0.3, 0.4) is 0 Å². The van der Waals surface area contributed by atoms with E-state index >= 15 is 0 Å². The van der Waals surface area contributed by atoms with Gasteiger partial charge in [-0.05, 0) is 55.1 Å². The summed E-state index contributed by atoms with van der Waals surface area (Å²) < 4.78 is 47.0. The molecule has 0 fully saturated rings. The van der Waals surface area contributed by atoms with Gasteiger partial charge in [-0.3, -0.25) is 9.36 Å². The Morgan fingerprint density at radius 3 is 1.14 bits per heavy atom. The molecule has 1 radical (unpaired) electrons. The van der Waals surface area contributed by atoms with Crippen molar-refractivity contribution in [2.75, 3.05) is 19.6 Å². The topological polar surface area (TPSA) is 155 Å². The lowest BCUT2D eigenvalue weighted by atomic mass is 9.74. The molecule has 13 heteroatoms. The minimum Gasteiger partial charge on any atom is -0.799 e. The van der Waals surface area contributed by atoms with Crippen LogP contribution in [0.4, 0.5) is 4.79 Å². The summed E-state index contributed by atoms with van der Waals surface area (Å²) in [5, 5.41) is -1.01. The van der Waals surface area contributed by atoms with Gasteiger partial charge in [0.25, 0.3) is 5.87 Å². The molecule has 0 saturated heterocycles. The highest BCUT2D eigenvalue weighted by atomic mass is 32.2. The predicted molar refractivity (Wildman–Crippen MR) is 153 cm³/mol. The van der Waals surface area contributed by atoms with E-state index in [1.165, 1.54) is 26.5 Å². The minimum absolute atomic E-state index is 0. The van der Waals surface area contributed by atoms with Crippen LogP contribution < -0.4 is 4.89 Å². The van der Waals surface area contributed by atoms with E-state index in [1.807, 2.05) is 0 Å². The summed E-state index contributed by atoms with van der Waals surface area (Å²) in [6, 6.07) is 0. The number of carbonyl (C=O) groups excluding carboxylic acids is 2. The summed E-state index contributed by atoms with van der Waals surface area (Å²) in [5.74, 6) is -0.579. The van der Waals surface area contributed by atoms with E-state index in [2.05, 4.69) is 0 Å². The molecule has 0 aromatic rings. The van der Waals surface area contributed by atoms with Gasteiger partial charge in [0.2, 0.25) is 7.37 Å². The monoisotopic (exact) mass is 578 g/mol. The van der Waals surface area contributed by atoms with Crippen LogP contribution in [0.5, 0.6) is 0 Å². The SMILES string of the molecule is C.CC(=O)[B]C(=O)OC(C)(C)C.CC(C)(C)P(C)(=O)O.CC(C)(C)P(C)(=O)[O-].CC(C)(C)S(C)(=O)=O. The molecule has 2 unspecified atom stereocenters. The normalized spacial score (nSPS) is 15.3. The number of carbonyl (C=O) groups is 2. The third-order valence-corrected chi connectivity index (χ3v) is 11.5. The van der Waals surface area contributed by atoms with Gasteiger partial charge >= 0.3 is 7.28 Å². The van der Waals surface area contributed by atoms with Crippen LogP contribution in [-0.4, -0.2) is 72.4 Å². The van der Waals surface area contributed by atoms with Crippen molar-refractivity contribution in [2.45, 2.75) is 118 Å². The summed E-state index contributed by atoms with van der Waals surface area (Å²) >= 11 is 0. The fourth-order valence-electron chi connectivity index (χ4n) is 0.497.